The van der Waals surface area contributed by atoms with Gasteiger partial charge in [-0.15, -0.1) is 0 Å². The van der Waals surface area contributed by atoms with E-state index in [-0.39, 0.29) is 6.54 Å². The lowest BCUT2D eigenvalue weighted by Gasteiger charge is -2.12. The van der Waals surface area contributed by atoms with Gasteiger partial charge in [0.2, 0.25) is 0 Å². The van der Waals surface area contributed by atoms with Gasteiger partial charge < -0.3 is 5.32 Å². The molecule has 0 unspecified atom stereocenters. The van der Waals surface area contributed by atoms with Crippen LogP contribution in [-0.2, 0) is 6.54 Å². The number of halogens is 4. The van der Waals surface area contributed by atoms with Crippen LogP contribution in [0.5, 0.6) is 0 Å². The molecule has 0 spiro atoms. The summed E-state index contributed by atoms with van der Waals surface area (Å²) in [4.78, 5) is 0.428. The summed E-state index contributed by atoms with van der Waals surface area (Å²) >= 11 is 6.13. The molecule has 0 bridgehead atoms. The Morgan fingerprint density at radius 1 is 1.15 bits per heavy atom. The molecule has 0 amide bonds. The van der Waals surface area contributed by atoms with Gasteiger partial charge in [0.1, 0.15) is 5.82 Å². The molecule has 1 nitrogen and oxygen atoms in total. The second kappa shape index (κ2) is 6.90. The van der Waals surface area contributed by atoms with Crippen LogP contribution in [0.15, 0.2) is 47.4 Å². The van der Waals surface area contributed by atoms with Crippen LogP contribution in [0.1, 0.15) is 5.56 Å². The molecule has 0 saturated carbocycles. The lowest BCUT2D eigenvalue weighted by Crippen LogP contribution is -2.03. The minimum Gasteiger partial charge on any atom is -0.380 e. The Kier molecular flexibility index (Phi) is 5.20. The predicted molar refractivity (Wildman–Crippen MR) is 77.0 cm³/mol. The molecule has 20 heavy (non-hydrogen) atoms. The summed E-state index contributed by atoms with van der Waals surface area (Å²) in [6.45, 7) is 0.198. The van der Waals surface area contributed by atoms with Crippen LogP contribution in [0, 0.1) is 5.82 Å². The first-order valence-electron chi connectivity index (χ1n) is 5.78. The summed E-state index contributed by atoms with van der Waals surface area (Å²) in [7, 11) is 0. The van der Waals surface area contributed by atoms with Crippen LogP contribution < -0.4 is 5.32 Å². The van der Waals surface area contributed by atoms with Crippen molar-refractivity contribution < 1.29 is 13.2 Å². The molecule has 106 valence electrons. The second-order valence-electron chi connectivity index (χ2n) is 3.96. The summed E-state index contributed by atoms with van der Waals surface area (Å²) in [6.07, 6.45) is 0. The Morgan fingerprint density at radius 3 is 2.60 bits per heavy atom. The van der Waals surface area contributed by atoms with E-state index in [1.54, 1.807) is 36.4 Å². The smallest absolute Gasteiger partial charge is 0.288 e. The summed E-state index contributed by atoms with van der Waals surface area (Å²) in [6, 6.07) is 11.1. The highest BCUT2D eigenvalue weighted by molar-refractivity contribution is 7.99. The van der Waals surface area contributed by atoms with E-state index in [1.165, 1.54) is 6.07 Å². The third kappa shape index (κ3) is 4.08. The maximum absolute atomic E-state index is 13.6. The van der Waals surface area contributed by atoms with Gasteiger partial charge in [-0.05, 0) is 24.3 Å². The molecular weight excluding hydrogens is 307 g/mol. The lowest BCUT2D eigenvalue weighted by atomic mass is 10.2. The molecule has 1 N–H and O–H groups in total. The number of thioether (sulfide) groups is 1. The van der Waals surface area contributed by atoms with Gasteiger partial charge in [-0.3, -0.25) is 0 Å². The number of nitrogens with one attached hydrogen (secondary N) is 1. The van der Waals surface area contributed by atoms with E-state index in [1.807, 2.05) is 0 Å². The van der Waals surface area contributed by atoms with E-state index in [0.29, 0.717) is 32.9 Å². The zero-order valence-electron chi connectivity index (χ0n) is 10.2. The molecule has 0 atom stereocenters. The van der Waals surface area contributed by atoms with Crippen molar-refractivity contribution in [1.29, 1.82) is 0 Å². The van der Waals surface area contributed by atoms with E-state index in [9.17, 15) is 13.2 Å². The summed E-state index contributed by atoms with van der Waals surface area (Å²) in [5.41, 5.74) is 0.971. The van der Waals surface area contributed by atoms with Crippen molar-refractivity contribution in [2.75, 3.05) is 5.32 Å². The molecule has 0 fully saturated rings. The lowest BCUT2D eigenvalue weighted by molar-refractivity contribution is 0.252. The maximum atomic E-state index is 13.6. The van der Waals surface area contributed by atoms with Gasteiger partial charge in [-0.2, -0.15) is 8.78 Å². The first-order chi connectivity index (χ1) is 9.56. The standard InChI is InChI=1S/C14H11ClF3NS/c15-10-6-5-9(11(16)7-10)8-19-12-3-1-2-4-13(12)20-14(17)18/h1-7,14,19H,8H2. The Hall–Kier alpha value is -1.33. The second-order valence-corrected chi connectivity index (χ2v) is 5.43. The molecule has 2 rings (SSSR count). The summed E-state index contributed by atoms with van der Waals surface area (Å²) in [5.74, 6) is -2.92. The fraction of sp³-hybridized carbons (Fsp3) is 0.143. The molecule has 2 aromatic carbocycles. The molecule has 0 saturated heterocycles. The third-order valence-corrected chi connectivity index (χ3v) is 3.61. The first kappa shape index (κ1) is 15.1. The van der Waals surface area contributed by atoms with Crippen LogP contribution in [0.25, 0.3) is 0 Å². The van der Waals surface area contributed by atoms with Crippen molar-refractivity contribution in [3.05, 3.63) is 58.9 Å². The highest BCUT2D eigenvalue weighted by atomic mass is 35.5. The van der Waals surface area contributed by atoms with E-state index in [0.717, 1.165) is 0 Å². The normalized spacial score (nSPS) is 10.8. The zero-order valence-corrected chi connectivity index (χ0v) is 11.8. The number of benzene rings is 2. The van der Waals surface area contributed by atoms with Crippen molar-refractivity contribution in [3.63, 3.8) is 0 Å². The molecule has 0 aromatic heterocycles. The number of rotatable bonds is 5. The van der Waals surface area contributed by atoms with Crippen LogP contribution >= 0.6 is 23.4 Å². The topological polar surface area (TPSA) is 12.0 Å². The average molecular weight is 318 g/mol. The molecule has 0 radical (unpaired) electrons. The minimum atomic E-state index is -2.50. The highest BCUT2D eigenvalue weighted by Gasteiger charge is 2.10. The molecule has 0 aliphatic rings. The fourth-order valence-electron chi connectivity index (χ4n) is 1.67. The Morgan fingerprint density at radius 2 is 1.90 bits per heavy atom. The molecule has 0 aliphatic carbocycles. The van der Waals surface area contributed by atoms with Crippen molar-refractivity contribution in [3.8, 4) is 0 Å². The zero-order chi connectivity index (χ0) is 14.5. The van der Waals surface area contributed by atoms with Crippen LogP contribution in [-0.4, -0.2) is 5.76 Å². The minimum absolute atomic E-state index is 0.198. The van der Waals surface area contributed by atoms with Crippen molar-refractivity contribution in [2.24, 2.45) is 0 Å². The van der Waals surface area contributed by atoms with Crippen molar-refractivity contribution >= 4 is 29.1 Å². The molecule has 0 aliphatic heterocycles. The van der Waals surface area contributed by atoms with E-state index in [4.69, 9.17) is 11.6 Å². The van der Waals surface area contributed by atoms with Crippen molar-refractivity contribution in [2.45, 2.75) is 17.2 Å². The number of anilines is 1. The molecule has 6 heteroatoms. The van der Waals surface area contributed by atoms with Gasteiger partial charge in [-0.1, -0.05) is 41.6 Å². The van der Waals surface area contributed by atoms with Gasteiger partial charge in [-0.25, -0.2) is 4.39 Å². The van der Waals surface area contributed by atoms with Gasteiger partial charge in [0.25, 0.3) is 5.76 Å². The molecular formula is C14H11ClF3NS. The monoisotopic (exact) mass is 317 g/mol. The molecule has 0 heterocycles. The Balaban J connectivity index is 2.10. The quantitative estimate of drug-likeness (QED) is 0.740. The maximum Gasteiger partial charge on any atom is 0.288 e. The predicted octanol–water partition coefficient (Wildman–Crippen LogP) is 5.41. The first-order valence-corrected chi connectivity index (χ1v) is 7.03. The van der Waals surface area contributed by atoms with E-state index in [2.05, 4.69) is 5.32 Å². The van der Waals surface area contributed by atoms with E-state index >= 15 is 0 Å². The summed E-state index contributed by atoms with van der Waals surface area (Å²) < 4.78 is 38.5. The summed E-state index contributed by atoms with van der Waals surface area (Å²) in [5, 5.41) is 3.28. The number of hydrogen-bond donors (Lipinski definition) is 1. The van der Waals surface area contributed by atoms with Crippen LogP contribution in [0.2, 0.25) is 5.02 Å². The number of alkyl halides is 2. The van der Waals surface area contributed by atoms with Crippen LogP contribution in [0.3, 0.4) is 0 Å². The average Bonchev–Trinajstić information content (AvgIpc) is 2.39. The largest absolute Gasteiger partial charge is 0.380 e. The molecule has 2 aromatic rings. The highest BCUT2D eigenvalue weighted by Crippen LogP contribution is 2.32. The van der Waals surface area contributed by atoms with Crippen molar-refractivity contribution in [1.82, 2.24) is 0 Å². The number of hydrogen-bond acceptors (Lipinski definition) is 2. The number of para-hydroxylation sites is 1. The third-order valence-electron chi connectivity index (χ3n) is 2.59. The van der Waals surface area contributed by atoms with Gasteiger partial charge in [0.15, 0.2) is 0 Å². The Bertz CT molecular complexity index is 592. The van der Waals surface area contributed by atoms with Gasteiger partial charge in [0, 0.05) is 27.7 Å². The van der Waals surface area contributed by atoms with Gasteiger partial charge in [0.05, 0.1) is 0 Å². The van der Waals surface area contributed by atoms with Crippen LogP contribution in [0.4, 0.5) is 18.9 Å². The SMILES string of the molecule is Fc1cc(Cl)ccc1CNc1ccccc1SC(F)F. The van der Waals surface area contributed by atoms with Gasteiger partial charge >= 0.3 is 0 Å². The Labute approximate surface area is 124 Å². The van der Waals surface area contributed by atoms with E-state index < -0.39 is 11.6 Å². The fourth-order valence-corrected chi connectivity index (χ4v) is 2.44.